The van der Waals surface area contributed by atoms with Crippen molar-refractivity contribution >= 4 is 0 Å². The van der Waals surface area contributed by atoms with Gasteiger partial charge in [0.25, 0.3) is 0 Å². The van der Waals surface area contributed by atoms with Crippen LogP contribution in [0.5, 0.6) is 0 Å². The van der Waals surface area contributed by atoms with Gasteiger partial charge in [0, 0.05) is 38.8 Å². The Labute approximate surface area is 115 Å². The van der Waals surface area contributed by atoms with Crippen molar-refractivity contribution in [2.45, 2.75) is 31.8 Å². The van der Waals surface area contributed by atoms with Gasteiger partial charge in [-0.25, -0.2) is 0 Å². The van der Waals surface area contributed by atoms with Crippen LogP contribution in [0.4, 0.5) is 0 Å². The molecule has 2 fully saturated rings. The standard InChI is InChI=1S/C15H25N3O/c1-13(15-5-3-11-19-15)16-6-8-17-9-10-18-7-2-4-14(18)12-17/h3,5,11,13-14,16H,2,4,6-10,12H2,1H3. The first kappa shape index (κ1) is 13.2. The van der Waals surface area contributed by atoms with Gasteiger partial charge in [-0.05, 0) is 38.4 Å². The molecular weight excluding hydrogens is 238 g/mol. The number of hydrogen-bond donors (Lipinski definition) is 1. The Morgan fingerprint density at radius 1 is 1.42 bits per heavy atom. The first-order chi connectivity index (χ1) is 9.33. The molecule has 2 atom stereocenters. The minimum Gasteiger partial charge on any atom is -0.468 e. The molecule has 3 heterocycles. The van der Waals surface area contributed by atoms with E-state index >= 15 is 0 Å². The van der Waals surface area contributed by atoms with Crippen LogP contribution in [0.2, 0.25) is 0 Å². The van der Waals surface area contributed by atoms with E-state index in [2.05, 4.69) is 22.0 Å². The fraction of sp³-hybridized carbons (Fsp3) is 0.733. The van der Waals surface area contributed by atoms with Crippen molar-refractivity contribution in [3.63, 3.8) is 0 Å². The van der Waals surface area contributed by atoms with Crippen LogP contribution in [0.1, 0.15) is 31.6 Å². The third-order valence-corrected chi connectivity index (χ3v) is 4.52. The Hall–Kier alpha value is -0.840. The molecule has 0 spiro atoms. The van der Waals surface area contributed by atoms with Crippen molar-refractivity contribution in [3.8, 4) is 0 Å². The van der Waals surface area contributed by atoms with E-state index in [1.807, 2.05) is 12.1 Å². The van der Waals surface area contributed by atoms with Crippen molar-refractivity contribution in [2.24, 2.45) is 0 Å². The zero-order valence-corrected chi connectivity index (χ0v) is 11.8. The van der Waals surface area contributed by atoms with Crippen LogP contribution in [0.3, 0.4) is 0 Å². The highest BCUT2D eigenvalue weighted by atomic mass is 16.3. The maximum atomic E-state index is 5.41. The molecule has 19 heavy (non-hydrogen) atoms. The minimum atomic E-state index is 0.308. The van der Waals surface area contributed by atoms with Gasteiger partial charge in [-0.15, -0.1) is 0 Å². The molecule has 0 aliphatic carbocycles. The van der Waals surface area contributed by atoms with Crippen LogP contribution in [0.25, 0.3) is 0 Å². The van der Waals surface area contributed by atoms with E-state index in [9.17, 15) is 0 Å². The van der Waals surface area contributed by atoms with Gasteiger partial charge in [0.2, 0.25) is 0 Å². The Balaban J connectivity index is 1.38. The smallest absolute Gasteiger partial charge is 0.120 e. The lowest BCUT2D eigenvalue weighted by Gasteiger charge is -2.37. The molecule has 2 unspecified atom stereocenters. The molecule has 2 aliphatic rings. The van der Waals surface area contributed by atoms with E-state index in [0.29, 0.717) is 6.04 Å². The van der Waals surface area contributed by atoms with Gasteiger partial charge >= 0.3 is 0 Å². The topological polar surface area (TPSA) is 31.6 Å². The Morgan fingerprint density at radius 2 is 2.37 bits per heavy atom. The number of hydrogen-bond acceptors (Lipinski definition) is 4. The first-order valence-corrected chi connectivity index (χ1v) is 7.56. The summed E-state index contributed by atoms with van der Waals surface area (Å²) in [6.45, 7) is 9.42. The van der Waals surface area contributed by atoms with E-state index in [1.165, 1.54) is 39.0 Å². The van der Waals surface area contributed by atoms with Crippen LogP contribution in [0.15, 0.2) is 22.8 Å². The predicted molar refractivity (Wildman–Crippen MR) is 76.2 cm³/mol. The van der Waals surface area contributed by atoms with Gasteiger partial charge in [0.05, 0.1) is 12.3 Å². The number of nitrogens with one attached hydrogen (secondary N) is 1. The number of nitrogens with zero attached hydrogens (tertiary/aromatic N) is 2. The maximum absolute atomic E-state index is 5.41. The molecule has 3 rings (SSSR count). The molecule has 0 aromatic carbocycles. The monoisotopic (exact) mass is 263 g/mol. The fourth-order valence-corrected chi connectivity index (χ4v) is 3.34. The summed E-state index contributed by atoms with van der Waals surface area (Å²) in [5, 5.41) is 3.54. The molecule has 0 bridgehead atoms. The normalized spacial score (nSPS) is 26.5. The SMILES string of the molecule is CC(NCCN1CCN2CCCC2C1)c1ccco1. The summed E-state index contributed by atoms with van der Waals surface area (Å²) in [7, 11) is 0. The van der Waals surface area contributed by atoms with Crippen LogP contribution < -0.4 is 5.32 Å². The zero-order chi connectivity index (χ0) is 13.1. The average Bonchev–Trinajstić information content (AvgIpc) is 3.09. The molecule has 2 aliphatic heterocycles. The third kappa shape index (κ3) is 3.19. The second kappa shape index (κ2) is 6.07. The summed E-state index contributed by atoms with van der Waals surface area (Å²) in [6.07, 6.45) is 4.53. The molecule has 0 saturated carbocycles. The van der Waals surface area contributed by atoms with Gasteiger partial charge in [0.15, 0.2) is 0 Å². The number of piperazine rings is 1. The molecule has 0 amide bonds. The molecular formula is C15H25N3O. The summed E-state index contributed by atoms with van der Waals surface area (Å²) in [4.78, 5) is 5.27. The van der Waals surface area contributed by atoms with E-state index in [-0.39, 0.29) is 0 Å². The summed E-state index contributed by atoms with van der Waals surface area (Å²) in [5.41, 5.74) is 0. The molecule has 106 valence electrons. The summed E-state index contributed by atoms with van der Waals surface area (Å²) in [6, 6.07) is 5.13. The average molecular weight is 263 g/mol. The molecule has 1 aromatic heterocycles. The van der Waals surface area contributed by atoms with Crippen LogP contribution in [0, 0.1) is 0 Å². The van der Waals surface area contributed by atoms with Crippen LogP contribution in [-0.2, 0) is 0 Å². The predicted octanol–water partition coefficient (Wildman–Crippen LogP) is 1.71. The van der Waals surface area contributed by atoms with E-state index in [0.717, 1.165) is 24.9 Å². The van der Waals surface area contributed by atoms with Gasteiger partial charge in [-0.2, -0.15) is 0 Å². The fourth-order valence-electron chi connectivity index (χ4n) is 3.34. The number of rotatable bonds is 5. The maximum Gasteiger partial charge on any atom is 0.120 e. The zero-order valence-electron chi connectivity index (χ0n) is 11.8. The van der Waals surface area contributed by atoms with Crippen molar-refractivity contribution in [3.05, 3.63) is 24.2 Å². The summed E-state index contributed by atoms with van der Waals surface area (Å²) >= 11 is 0. The Bertz CT molecular complexity index is 379. The third-order valence-electron chi connectivity index (χ3n) is 4.52. The quantitative estimate of drug-likeness (QED) is 0.876. The van der Waals surface area contributed by atoms with E-state index < -0.39 is 0 Å². The second-order valence-electron chi connectivity index (χ2n) is 5.82. The first-order valence-electron chi connectivity index (χ1n) is 7.56. The van der Waals surface area contributed by atoms with Gasteiger partial charge in [-0.3, -0.25) is 9.80 Å². The van der Waals surface area contributed by atoms with Crippen LogP contribution >= 0.6 is 0 Å². The largest absolute Gasteiger partial charge is 0.468 e. The Morgan fingerprint density at radius 3 is 3.21 bits per heavy atom. The lowest BCUT2D eigenvalue weighted by molar-refractivity contribution is 0.104. The molecule has 1 N–H and O–H groups in total. The van der Waals surface area contributed by atoms with E-state index in [1.54, 1.807) is 6.26 Å². The number of furan rings is 1. The van der Waals surface area contributed by atoms with Crippen molar-refractivity contribution < 1.29 is 4.42 Å². The highest BCUT2D eigenvalue weighted by Crippen LogP contribution is 2.21. The highest BCUT2D eigenvalue weighted by molar-refractivity contribution is 5.02. The lowest BCUT2D eigenvalue weighted by Crippen LogP contribution is -2.51. The van der Waals surface area contributed by atoms with Gasteiger partial charge in [0.1, 0.15) is 5.76 Å². The van der Waals surface area contributed by atoms with E-state index in [4.69, 9.17) is 4.42 Å². The second-order valence-corrected chi connectivity index (χ2v) is 5.82. The number of fused-ring (bicyclic) bond motifs is 1. The van der Waals surface area contributed by atoms with Gasteiger partial charge < -0.3 is 9.73 Å². The Kier molecular flexibility index (Phi) is 4.21. The lowest BCUT2D eigenvalue weighted by atomic mass is 10.1. The molecule has 4 heteroatoms. The van der Waals surface area contributed by atoms with Crippen molar-refractivity contribution in [1.29, 1.82) is 0 Å². The highest BCUT2D eigenvalue weighted by Gasteiger charge is 2.30. The molecule has 4 nitrogen and oxygen atoms in total. The van der Waals surface area contributed by atoms with Gasteiger partial charge in [-0.1, -0.05) is 0 Å². The molecule has 2 saturated heterocycles. The van der Waals surface area contributed by atoms with Crippen molar-refractivity contribution in [2.75, 3.05) is 39.3 Å². The summed E-state index contributed by atoms with van der Waals surface area (Å²) < 4.78 is 5.41. The minimum absolute atomic E-state index is 0.308. The summed E-state index contributed by atoms with van der Waals surface area (Å²) in [5.74, 6) is 1.03. The van der Waals surface area contributed by atoms with Crippen molar-refractivity contribution in [1.82, 2.24) is 15.1 Å². The molecule has 1 aromatic rings. The molecule has 0 radical (unpaired) electrons. The van der Waals surface area contributed by atoms with Crippen LogP contribution in [-0.4, -0.2) is 55.1 Å².